The number of nitriles is 1. The van der Waals surface area contributed by atoms with Crippen molar-refractivity contribution in [2.45, 2.75) is 46.3 Å². The molecular weight excluding hydrogens is 374 g/mol. The minimum atomic E-state index is 0.0513. The number of carbonyl (C=O) groups excluding carboxylic acids is 1. The zero-order valence-corrected chi connectivity index (χ0v) is 18.4. The maximum absolute atomic E-state index is 11.6. The van der Waals surface area contributed by atoms with E-state index in [4.69, 9.17) is 4.74 Å². The van der Waals surface area contributed by atoms with Crippen LogP contribution in [0.3, 0.4) is 0 Å². The maximum Gasteiger partial charge on any atom is 0.225 e. The number of hydrogen-bond acceptors (Lipinski definition) is 4. The SMILES string of the molecule is CNC(=O)C1CN(Cc2ccc(CCc3ccc(OC(C)C)c(C#N)c3)cc2C)C1. The summed E-state index contributed by atoms with van der Waals surface area (Å²) >= 11 is 0. The Morgan fingerprint density at radius 1 is 1.20 bits per heavy atom. The summed E-state index contributed by atoms with van der Waals surface area (Å²) in [5, 5.41) is 12.1. The Kier molecular flexibility index (Phi) is 7.12. The lowest BCUT2D eigenvalue weighted by molar-refractivity contribution is -0.129. The molecular formula is C25H31N3O2. The fourth-order valence-electron chi connectivity index (χ4n) is 3.87. The van der Waals surface area contributed by atoms with Crippen molar-refractivity contribution in [2.75, 3.05) is 20.1 Å². The van der Waals surface area contributed by atoms with Gasteiger partial charge in [0.15, 0.2) is 0 Å². The number of amides is 1. The van der Waals surface area contributed by atoms with Crippen molar-refractivity contribution >= 4 is 5.91 Å². The number of carbonyl (C=O) groups is 1. The van der Waals surface area contributed by atoms with Gasteiger partial charge in [0.2, 0.25) is 5.91 Å². The van der Waals surface area contributed by atoms with Crippen LogP contribution in [0.1, 0.15) is 41.7 Å². The molecule has 1 heterocycles. The molecule has 158 valence electrons. The van der Waals surface area contributed by atoms with Gasteiger partial charge in [-0.15, -0.1) is 0 Å². The van der Waals surface area contributed by atoms with E-state index in [1.807, 2.05) is 32.0 Å². The fourth-order valence-corrected chi connectivity index (χ4v) is 3.87. The molecule has 0 saturated carbocycles. The molecule has 1 aliphatic rings. The molecule has 5 heteroatoms. The van der Waals surface area contributed by atoms with Gasteiger partial charge in [0, 0.05) is 26.7 Å². The van der Waals surface area contributed by atoms with Crippen LogP contribution in [0.25, 0.3) is 0 Å². The van der Waals surface area contributed by atoms with Gasteiger partial charge in [-0.25, -0.2) is 0 Å². The smallest absolute Gasteiger partial charge is 0.225 e. The van der Waals surface area contributed by atoms with Crippen LogP contribution in [-0.2, 0) is 24.2 Å². The second-order valence-corrected chi connectivity index (χ2v) is 8.38. The summed E-state index contributed by atoms with van der Waals surface area (Å²) in [6.45, 7) is 8.63. The second-order valence-electron chi connectivity index (χ2n) is 8.38. The quantitative estimate of drug-likeness (QED) is 0.729. The largest absolute Gasteiger partial charge is 0.490 e. The van der Waals surface area contributed by atoms with Crippen LogP contribution < -0.4 is 10.1 Å². The molecule has 0 aliphatic carbocycles. The summed E-state index contributed by atoms with van der Waals surface area (Å²) in [5.74, 6) is 0.924. The Labute approximate surface area is 179 Å². The first-order chi connectivity index (χ1) is 14.4. The highest BCUT2D eigenvalue weighted by Gasteiger charge is 2.31. The summed E-state index contributed by atoms with van der Waals surface area (Å²) in [6.07, 6.45) is 1.86. The molecule has 2 aromatic carbocycles. The number of rotatable bonds is 8. The number of likely N-dealkylation sites (tertiary alicyclic amines) is 1. The van der Waals surface area contributed by atoms with Crippen LogP contribution in [-0.4, -0.2) is 37.0 Å². The number of hydrogen-bond donors (Lipinski definition) is 1. The molecule has 0 unspecified atom stereocenters. The third-order valence-corrected chi connectivity index (χ3v) is 5.60. The van der Waals surface area contributed by atoms with Gasteiger partial charge < -0.3 is 10.1 Å². The molecule has 5 nitrogen and oxygen atoms in total. The first-order valence-electron chi connectivity index (χ1n) is 10.6. The Hall–Kier alpha value is -2.84. The third kappa shape index (κ3) is 5.40. The monoisotopic (exact) mass is 405 g/mol. The van der Waals surface area contributed by atoms with Gasteiger partial charge in [0.1, 0.15) is 11.8 Å². The zero-order valence-electron chi connectivity index (χ0n) is 18.4. The molecule has 0 radical (unpaired) electrons. The molecule has 30 heavy (non-hydrogen) atoms. The summed E-state index contributed by atoms with van der Waals surface area (Å²) in [6, 6.07) is 14.8. The lowest BCUT2D eigenvalue weighted by Crippen LogP contribution is -2.52. The summed E-state index contributed by atoms with van der Waals surface area (Å²) in [5.41, 5.74) is 5.64. The number of nitrogens with one attached hydrogen (secondary N) is 1. The lowest BCUT2D eigenvalue weighted by Gasteiger charge is -2.38. The normalized spacial score (nSPS) is 14.3. The Morgan fingerprint density at radius 3 is 2.47 bits per heavy atom. The summed E-state index contributed by atoms with van der Waals surface area (Å²) in [7, 11) is 1.70. The molecule has 1 aliphatic heterocycles. The topological polar surface area (TPSA) is 65.4 Å². The Morgan fingerprint density at radius 2 is 1.87 bits per heavy atom. The van der Waals surface area contributed by atoms with Crippen molar-refractivity contribution in [3.8, 4) is 11.8 Å². The van der Waals surface area contributed by atoms with Gasteiger partial charge in [-0.3, -0.25) is 9.69 Å². The average molecular weight is 406 g/mol. The van der Waals surface area contributed by atoms with Crippen LogP contribution in [0.2, 0.25) is 0 Å². The van der Waals surface area contributed by atoms with Crippen molar-refractivity contribution in [1.29, 1.82) is 5.26 Å². The highest BCUT2D eigenvalue weighted by atomic mass is 16.5. The molecule has 1 amide bonds. The van der Waals surface area contributed by atoms with Gasteiger partial charge >= 0.3 is 0 Å². The zero-order chi connectivity index (χ0) is 21.7. The van der Waals surface area contributed by atoms with E-state index in [0.29, 0.717) is 11.3 Å². The number of ether oxygens (including phenoxy) is 1. The first kappa shape index (κ1) is 21.9. The van der Waals surface area contributed by atoms with E-state index in [1.54, 1.807) is 7.05 Å². The van der Waals surface area contributed by atoms with Gasteiger partial charge in [-0.05, 0) is 68.0 Å². The van der Waals surface area contributed by atoms with Crippen molar-refractivity contribution in [3.05, 3.63) is 64.2 Å². The van der Waals surface area contributed by atoms with Gasteiger partial charge in [0.25, 0.3) is 0 Å². The Bertz CT molecular complexity index is 940. The van der Waals surface area contributed by atoms with E-state index in [1.165, 1.54) is 16.7 Å². The molecule has 3 rings (SSSR count). The minimum Gasteiger partial charge on any atom is -0.490 e. The number of nitrogens with zero attached hydrogens (tertiary/aromatic N) is 2. The van der Waals surface area contributed by atoms with E-state index in [0.717, 1.165) is 38.0 Å². The van der Waals surface area contributed by atoms with Crippen molar-refractivity contribution < 1.29 is 9.53 Å². The number of benzene rings is 2. The van der Waals surface area contributed by atoms with Gasteiger partial charge in [-0.2, -0.15) is 5.26 Å². The molecule has 0 atom stereocenters. The van der Waals surface area contributed by atoms with Crippen molar-refractivity contribution in [3.63, 3.8) is 0 Å². The molecule has 1 saturated heterocycles. The van der Waals surface area contributed by atoms with Crippen molar-refractivity contribution in [1.82, 2.24) is 10.2 Å². The van der Waals surface area contributed by atoms with E-state index >= 15 is 0 Å². The molecule has 0 aromatic heterocycles. The van der Waals surface area contributed by atoms with Gasteiger partial charge in [0.05, 0.1) is 17.6 Å². The second kappa shape index (κ2) is 9.77. The third-order valence-electron chi connectivity index (χ3n) is 5.60. The number of aryl methyl sites for hydroxylation is 3. The van der Waals surface area contributed by atoms with E-state index in [9.17, 15) is 10.1 Å². The highest BCUT2D eigenvalue weighted by Crippen LogP contribution is 2.23. The maximum atomic E-state index is 11.6. The van der Waals surface area contributed by atoms with Crippen molar-refractivity contribution in [2.24, 2.45) is 5.92 Å². The Balaban J connectivity index is 1.56. The van der Waals surface area contributed by atoms with Gasteiger partial charge in [-0.1, -0.05) is 24.3 Å². The predicted octanol–water partition coefficient (Wildman–Crippen LogP) is 3.62. The standard InChI is InChI=1S/C25H31N3O2/c1-17(2)30-24-10-8-20(12-22(24)13-26)6-5-19-7-9-21(18(3)11-19)14-28-15-23(16-28)25(29)27-4/h7-12,17,23H,5-6,14-16H2,1-4H3,(H,27,29). The van der Waals surface area contributed by atoms with Crippen LogP contribution in [0, 0.1) is 24.2 Å². The van der Waals surface area contributed by atoms with Crippen LogP contribution in [0.4, 0.5) is 0 Å². The fraction of sp³-hybridized carbons (Fsp3) is 0.440. The molecule has 0 bridgehead atoms. The minimum absolute atomic E-state index is 0.0513. The van der Waals surface area contributed by atoms with E-state index in [2.05, 4.69) is 41.4 Å². The average Bonchev–Trinajstić information content (AvgIpc) is 2.69. The molecule has 2 aromatic rings. The molecule has 0 spiro atoms. The first-order valence-corrected chi connectivity index (χ1v) is 10.6. The molecule has 1 fully saturated rings. The predicted molar refractivity (Wildman–Crippen MR) is 118 cm³/mol. The highest BCUT2D eigenvalue weighted by molar-refractivity contribution is 5.79. The van der Waals surface area contributed by atoms with E-state index < -0.39 is 0 Å². The van der Waals surface area contributed by atoms with Crippen LogP contribution in [0.15, 0.2) is 36.4 Å². The van der Waals surface area contributed by atoms with Crippen LogP contribution in [0.5, 0.6) is 5.75 Å². The lowest BCUT2D eigenvalue weighted by atomic mass is 9.95. The molecule has 1 N–H and O–H groups in total. The summed E-state index contributed by atoms with van der Waals surface area (Å²) in [4.78, 5) is 13.9. The van der Waals surface area contributed by atoms with Crippen LogP contribution >= 0.6 is 0 Å². The van der Waals surface area contributed by atoms with E-state index in [-0.39, 0.29) is 17.9 Å². The summed E-state index contributed by atoms with van der Waals surface area (Å²) < 4.78 is 5.71.